The maximum atomic E-state index is 15.1. The van der Waals surface area contributed by atoms with E-state index in [0.29, 0.717) is 33.7 Å². The molecular weight excluding hydrogens is 503 g/mol. The van der Waals surface area contributed by atoms with Gasteiger partial charge >= 0.3 is 5.97 Å². The fourth-order valence-corrected chi connectivity index (χ4v) is 3.90. The molecule has 4 rings (SSSR count). The van der Waals surface area contributed by atoms with Gasteiger partial charge in [0.1, 0.15) is 5.75 Å². The molecule has 1 aromatic heterocycles. The average molecular weight is 533 g/mol. The van der Waals surface area contributed by atoms with Crippen molar-refractivity contribution < 1.29 is 32.9 Å². The number of amides is 1. The second-order valence-corrected chi connectivity index (χ2v) is 9.79. The van der Waals surface area contributed by atoms with E-state index in [1.807, 2.05) is 0 Å². The third kappa shape index (κ3) is 6.26. The number of fused-ring (bicyclic) bond motifs is 1. The second kappa shape index (κ2) is 11.4. The van der Waals surface area contributed by atoms with Crippen molar-refractivity contribution in [2.75, 3.05) is 19.5 Å². The van der Waals surface area contributed by atoms with E-state index in [-0.39, 0.29) is 11.4 Å². The van der Waals surface area contributed by atoms with Gasteiger partial charge < -0.3 is 24.3 Å². The predicted octanol–water partition coefficient (Wildman–Crippen LogP) is 6.39. The van der Waals surface area contributed by atoms with Gasteiger partial charge in [0.2, 0.25) is 0 Å². The van der Waals surface area contributed by atoms with Crippen molar-refractivity contribution in [2.45, 2.75) is 26.9 Å². The smallest absolute Gasteiger partial charge is 0.338 e. The number of nitrogens with zero attached hydrogens (tertiary/aromatic N) is 1. The molecule has 8 nitrogen and oxygen atoms in total. The minimum absolute atomic E-state index is 0.0573. The summed E-state index contributed by atoms with van der Waals surface area (Å²) in [6.07, 6.45) is 0.416. The molecule has 39 heavy (non-hydrogen) atoms. The molecular formula is C30H29FN2O6. The topological polar surface area (TPSA) is 96.0 Å². The molecule has 0 radical (unpaired) electrons. The first-order valence-corrected chi connectivity index (χ1v) is 12.2. The SMILES string of the molecule is COc1cc2nccc(Oc3ccc(NC(=O)C(OC(=O)c4ccccc4)C(C)(C)C)cc3F)c2cc1OC. The van der Waals surface area contributed by atoms with E-state index in [1.54, 1.807) is 75.5 Å². The van der Waals surface area contributed by atoms with Crippen molar-refractivity contribution in [1.82, 2.24) is 4.98 Å². The zero-order valence-electron chi connectivity index (χ0n) is 22.3. The first kappa shape index (κ1) is 27.4. The number of aromatic nitrogens is 1. The standard InChI is InChI=1S/C30H29FN2O6/c1-30(2,3)27(39-29(35)18-9-7-6-8-10-18)28(34)33-19-11-12-24(21(31)15-19)38-23-13-14-32-22-17-26(37-5)25(36-4)16-20(22)23/h6-17,27H,1-5H3,(H,33,34). The lowest BCUT2D eigenvalue weighted by molar-refractivity contribution is -0.130. The number of methoxy groups -OCH3 is 2. The highest BCUT2D eigenvalue weighted by atomic mass is 19.1. The number of hydrogen-bond acceptors (Lipinski definition) is 7. The predicted molar refractivity (Wildman–Crippen MR) is 145 cm³/mol. The Labute approximate surface area is 225 Å². The van der Waals surface area contributed by atoms with Gasteiger partial charge in [-0.25, -0.2) is 9.18 Å². The van der Waals surface area contributed by atoms with Crippen LogP contribution in [0.1, 0.15) is 31.1 Å². The van der Waals surface area contributed by atoms with Gasteiger partial charge in [-0.3, -0.25) is 9.78 Å². The molecule has 1 heterocycles. The highest BCUT2D eigenvalue weighted by Crippen LogP contribution is 2.37. The summed E-state index contributed by atoms with van der Waals surface area (Å²) in [6.45, 7) is 5.32. The Morgan fingerprint density at radius 2 is 1.56 bits per heavy atom. The number of ether oxygens (including phenoxy) is 4. The van der Waals surface area contributed by atoms with Gasteiger partial charge in [-0.1, -0.05) is 39.0 Å². The van der Waals surface area contributed by atoms with Crippen LogP contribution in [0.3, 0.4) is 0 Å². The number of rotatable bonds is 8. The molecule has 3 aromatic carbocycles. The molecule has 0 aliphatic rings. The summed E-state index contributed by atoms with van der Waals surface area (Å²) in [6, 6.07) is 17.4. The van der Waals surface area contributed by atoms with Crippen LogP contribution < -0.4 is 19.5 Å². The summed E-state index contributed by atoms with van der Waals surface area (Å²) >= 11 is 0. The van der Waals surface area contributed by atoms with Crippen LogP contribution in [-0.4, -0.2) is 37.2 Å². The van der Waals surface area contributed by atoms with Crippen molar-refractivity contribution in [1.29, 1.82) is 0 Å². The first-order chi connectivity index (χ1) is 18.6. The second-order valence-electron chi connectivity index (χ2n) is 9.79. The molecule has 0 spiro atoms. The normalized spacial score (nSPS) is 11.9. The third-order valence-electron chi connectivity index (χ3n) is 5.89. The van der Waals surface area contributed by atoms with Crippen LogP contribution in [0.25, 0.3) is 10.9 Å². The number of halogens is 1. The average Bonchev–Trinajstić information content (AvgIpc) is 2.92. The minimum Gasteiger partial charge on any atom is -0.493 e. The fourth-order valence-electron chi connectivity index (χ4n) is 3.90. The number of carbonyl (C=O) groups excluding carboxylic acids is 2. The zero-order chi connectivity index (χ0) is 28.2. The van der Waals surface area contributed by atoms with Gasteiger partial charge in [0.25, 0.3) is 5.91 Å². The Kier molecular flexibility index (Phi) is 7.99. The van der Waals surface area contributed by atoms with Crippen LogP contribution in [0.4, 0.5) is 10.1 Å². The zero-order valence-corrected chi connectivity index (χ0v) is 22.3. The van der Waals surface area contributed by atoms with E-state index in [0.717, 1.165) is 6.07 Å². The van der Waals surface area contributed by atoms with Crippen molar-refractivity contribution in [2.24, 2.45) is 5.41 Å². The van der Waals surface area contributed by atoms with E-state index < -0.39 is 29.2 Å². The molecule has 0 saturated carbocycles. The number of pyridine rings is 1. The summed E-state index contributed by atoms with van der Waals surface area (Å²) in [5, 5.41) is 3.24. The lowest BCUT2D eigenvalue weighted by atomic mass is 9.88. The summed E-state index contributed by atoms with van der Waals surface area (Å²) in [4.78, 5) is 30.0. The van der Waals surface area contributed by atoms with Crippen molar-refractivity contribution in [3.63, 3.8) is 0 Å². The number of benzene rings is 3. The summed E-state index contributed by atoms with van der Waals surface area (Å²) in [7, 11) is 3.04. The Morgan fingerprint density at radius 3 is 2.21 bits per heavy atom. The lowest BCUT2D eigenvalue weighted by Gasteiger charge is -2.29. The highest BCUT2D eigenvalue weighted by molar-refractivity contribution is 5.98. The monoisotopic (exact) mass is 532 g/mol. The number of anilines is 1. The van der Waals surface area contributed by atoms with E-state index in [1.165, 1.54) is 26.4 Å². The molecule has 202 valence electrons. The highest BCUT2D eigenvalue weighted by Gasteiger charge is 2.35. The molecule has 0 aliphatic heterocycles. The van der Waals surface area contributed by atoms with Crippen molar-refractivity contribution in [3.8, 4) is 23.0 Å². The molecule has 1 N–H and O–H groups in total. The Hall–Kier alpha value is -4.66. The molecule has 1 unspecified atom stereocenters. The minimum atomic E-state index is -1.13. The van der Waals surface area contributed by atoms with Crippen LogP contribution in [0.15, 0.2) is 72.9 Å². The molecule has 4 aromatic rings. The number of carbonyl (C=O) groups is 2. The maximum absolute atomic E-state index is 15.1. The summed E-state index contributed by atoms with van der Waals surface area (Å²) in [5.41, 5.74) is 0.364. The van der Waals surface area contributed by atoms with Gasteiger partial charge in [0.15, 0.2) is 29.2 Å². The van der Waals surface area contributed by atoms with Gasteiger partial charge in [-0.2, -0.15) is 0 Å². The molecule has 1 amide bonds. The van der Waals surface area contributed by atoms with Gasteiger partial charge in [0, 0.05) is 34.8 Å². The van der Waals surface area contributed by atoms with E-state index in [4.69, 9.17) is 18.9 Å². The molecule has 0 fully saturated rings. The molecule has 0 aliphatic carbocycles. The van der Waals surface area contributed by atoms with Gasteiger partial charge in [-0.05, 0) is 36.4 Å². The Morgan fingerprint density at radius 1 is 0.872 bits per heavy atom. The third-order valence-corrected chi connectivity index (χ3v) is 5.89. The summed E-state index contributed by atoms with van der Waals surface area (Å²) in [5.74, 6) is -0.630. The maximum Gasteiger partial charge on any atom is 0.338 e. The number of nitrogens with one attached hydrogen (secondary N) is 1. The van der Waals surface area contributed by atoms with Crippen LogP contribution in [-0.2, 0) is 9.53 Å². The largest absolute Gasteiger partial charge is 0.493 e. The Bertz CT molecular complexity index is 1500. The van der Waals surface area contributed by atoms with Gasteiger partial charge in [-0.15, -0.1) is 0 Å². The van der Waals surface area contributed by atoms with Crippen LogP contribution in [0, 0.1) is 11.2 Å². The molecule has 1 atom stereocenters. The van der Waals surface area contributed by atoms with Crippen LogP contribution >= 0.6 is 0 Å². The van der Waals surface area contributed by atoms with Gasteiger partial charge in [0.05, 0.1) is 25.3 Å². The van der Waals surface area contributed by atoms with E-state index in [2.05, 4.69) is 10.3 Å². The van der Waals surface area contributed by atoms with Crippen molar-refractivity contribution in [3.05, 3.63) is 84.3 Å². The lowest BCUT2D eigenvalue weighted by Crippen LogP contribution is -2.42. The van der Waals surface area contributed by atoms with E-state index >= 15 is 4.39 Å². The first-order valence-electron chi connectivity index (χ1n) is 12.2. The fraction of sp³-hybridized carbons (Fsp3) is 0.233. The number of hydrogen-bond donors (Lipinski definition) is 1. The van der Waals surface area contributed by atoms with Crippen LogP contribution in [0.2, 0.25) is 0 Å². The quantitative estimate of drug-likeness (QED) is 0.263. The van der Waals surface area contributed by atoms with E-state index in [9.17, 15) is 9.59 Å². The summed E-state index contributed by atoms with van der Waals surface area (Å²) < 4.78 is 37.2. The Balaban J connectivity index is 1.53. The number of esters is 1. The van der Waals surface area contributed by atoms with Crippen molar-refractivity contribution >= 4 is 28.5 Å². The van der Waals surface area contributed by atoms with Crippen LogP contribution in [0.5, 0.6) is 23.0 Å². The molecule has 0 bridgehead atoms. The molecule has 9 heteroatoms. The molecule has 0 saturated heterocycles.